The largest absolute Gasteiger partial charge is 0.455 e. The zero-order valence-electron chi connectivity index (χ0n) is 11.6. The van der Waals surface area contributed by atoms with Crippen LogP contribution in [0.25, 0.3) is 0 Å². The second-order valence-corrected chi connectivity index (χ2v) is 8.14. The highest BCUT2D eigenvalue weighted by molar-refractivity contribution is 7.87. The first-order valence-corrected chi connectivity index (χ1v) is 8.20. The van der Waals surface area contributed by atoms with E-state index in [4.69, 9.17) is 8.92 Å². The van der Waals surface area contributed by atoms with E-state index in [0.29, 0.717) is 0 Å². The van der Waals surface area contributed by atoms with E-state index in [-0.39, 0.29) is 31.6 Å². The number of carbonyl (C=O) groups is 1. The summed E-state index contributed by atoms with van der Waals surface area (Å²) in [5.41, 5.74) is -1.70. The van der Waals surface area contributed by atoms with Crippen molar-refractivity contribution in [3.8, 4) is 0 Å². The van der Waals surface area contributed by atoms with E-state index < -0.39 is 44.4 Å². The minimum Gasteiger partial charge on any atom is -0.455 e. The second-order valence-electron chi connectivity index (χ2n) is 6.40. The fourth-order valence-electron chi connectivity index (χ4n) is 4.15. The summed E-state index contributed by atoms with van der Waals surface area (Å²) in [6.45, 7) is 4.26. The fourth-order valence-corrected chi connectivity index (χ4v) is 6.26. The van der Waals surface area contributed by atoms with Gasteiger partial charge in [-0.3, -0.25) is 4.18 Å². The molecule has 0 spiro atoms. The van der Waals surface area contributed by atoms with Gasteiger partial charge in [0.05, 0.1) is 18.5 Å². The summed E-state index contributed by atoms with van der Waals surface area (Å²) in [6, 6.07) is 0. The number of esters is 1. The molecule has 118 valence electrons. The van der Waals surface area contributed by atoms with Crippen molar-refractivity contribution >= 4 is 16.1 Å². The summed E-state index contributed by atoms with van der Waals surface area (Å²) >= 11 is 0. The van der Waals surface area contributed by atoms with Gasteiger partial charge in [0.25, 0.3) is 10.1 Å². The zero-order chi connectivity index (χ0) is 15.6. The van der Waals surface area contributed by atoms with E-state index in [1.165, 1.54) is 6.92 Å². The Kier molecular flexibility index (Phi) is 3.05. The standard InChI is InChI=1S/C13H18O7S/c1-7(2)11(16)19-9-10-13(6-15)4-12(9,5-14)3-8(13)21(17,18)20-10/h8-10,14-15H,1,3-6H2,2H3. The number of hydrogen-bond donors (Lipinski definition) is 2. The summed E-state index contributed by atoms with van der Waals surface area (Å²) in [6.07, 6.45) is -1.46. The van der Waals surface area contributed by atoms with E-state index in [1.807, 2.05) is 0 Å². The lowest BCUT2D eigenvalue weighted by Crippen LogP contribution is -2.50. The van der Waals surface area contributed by atoms with Crippen LogP contribution in [0.1, 0.15) is 19.8 Å². The van der Waals surface area contributed by atoms with Gasteiger partial charge in [-0.25, -0.2) is 4.79 Å². The lowest BCUT2D eigenvalue weighted by Gasteiger charge is -2.36. The SMILES string of the molecule is C=C(C)C(=O)OC1C2OS(=O)(=O)C3CC1(CO)CC23CO. The molecule has 21 heavy (non-hydrogen) atoms. The van der Waals surface area contributed by atoms with Crippen molar-refractivity contribution < 1.29 is 32.3 Å². The minimum atomic E-state index is -3.82. The number of rotatable bonds is 4. The van der Waals surface area contributed by atoms with E-state index in [1.54, 1.807) is 0 Å². The van der Waals surface area contributed by atoms with Gasteiger partial charge in [0.15, 0.2) is 0 Å². The zero-order valence-corrected chi connectivity index (χ0v) is 12.4. The van der Waals surface area contributed by atoms with Crippen molar-refractivity contribution in [2.24, 2.45) is 10.8 Å². The molecule has 3 aliphatic rings. The second kappa shape index (κ2) is 4.28. The summed E-state index contributed by atoms with van der Waals surface area (Å²) in [7, 11) is -3.82. The number of ether oxygens (including phenoxy) is 1. The van der Waals surface area contributed by atoms with Crippen LogP contribution in [0.2, 0.25) is 0 Å². The molecular formula is C13H18O7S. The molecule has 1 heterocycles. The maximum Gasteiger partial charge on any atom is 0.333 e. The van der Waals surface area contributed by atoms with Gasteiger partial charge >= 0.3 is 5.97 Å². The predicted octanol–water partition coefficient (Wildman–Crippen LogP) is -0.664. The Morgan fingerprint density at radius 1 is 1.43 bits per heavy atom. The number of fused-ring (bicyclic) bond motifs is 1. The summed E-state index contributed by atoms with van der Waals surface area (Å²) in [5, 5.41) is 18.7. The van der Waals surface area contributed by atoms with Crippen LogP contribution in [-0.4, -0.2) is 55.3 Å². The smallest absolute Gasteiger partial charge is 0.333 e. The molecule has 8 heteroatoms. The van der Waals surface area contributed by atoms with Crippen molar-refractivity contribution in [3.63, 3.8) is 0 Å². The molecule has 2 saturated carbocycles. The highest BCUT2D eigenvalue weighted by Gasteiger charge is 2.79. The van der Waals surface area contributed by atoms with Gasteiger partial charge < -0.3 is 14.9 Å². The summed E-state index contributed by atoms with van der Waals surface area (Å²) in [5.74, 6) is -0.655. The van der Waals surface area contributed by atoms with Crippen molar-refractivity contribution in [1.82, 2.24) is 0 Å². The predicted molar refractivity (Wildman–Crippen MR) is 70.5 cm³/mol. The van der Waals surface area contributed by atoms with Gasteiger partial charge in [-0.1, -0.05) is 6.58 Å². The van der Waals surface area contributed by atoms with Crippen LogP contribution in [0, 0.1) is 10.8 Å². The van der Waals surface area contributed by atoms with Crippen molar-refractivity contribution in [1.29, 1.82) is 0 Å². The Balaban J connectivity index is 2.04. The monoisotopic (exact) mass is 318 g/mol. The van der Waals surface area contributed by atoms with Gasteiger partial charge in [-0.2, -0.15) is 8.42 Å². The Labute approximate surface area is 122 Å². The van der Waals surface area contributed by atoms with E-state index in [0.717, 1.165) is 0 Å². The molecule has 7 nitrogen and oxygen atoms in total. The topological polar surface area (TPSA) is 110 Å². The first kappa shape index (κ1) is 15.0. The quantitative estimate of drug-likeness (QED) is 0.402. The number of hydrogen-bond acceptors (Lipinski definition) is 7. The molecule has 5 atom stereocenters. The molecule has 1 aliphatic heterocycles. The van der Waals surface area contributed by atoms with Crippen LogP contribution < -0.4 is 0 Å². The number of carbonyl (C=O) groups excluding carboxylic acids is 1. The Hall–Kier alpha value is -0.960. The van der Waals surface area contributed by atoms with Crippen molar-refractivity contribution in [2.75, 3.05) is 13.2 Å². The molecule has 0 amide bonds. The molecule has 3 rings (SSSR count). The van der Waals surface area contributed by atoms with Crippen LogP contribution >= 0.6 is 0 Å². The van der Waals surface area contributed by atoms with Gasteiger partial charge in [-0.15, -0.1) is 0 Å². The first-order valence-electron chi connectivity index (χ1n) is 6.73. The highest BCUT2D eigenvalue weighted by Crippen LogP contribution is 2.68. The van der Waals surface area contributed by atoms with Crippen LogP contribution in [0.3, 0.4) is 0 Å². The molecule has 0 aromatic heterocycles. The summed E-state index contributed by atoms with van der Waals surface area (Å²) < 4.78 is 34.7. The molecule has 0 aromatic rings. The average Bonchev–Trinajstić information content (AvgIpc) is 2.94. The maximum absolute atomic E-state index is 12.1. The summed E-state index contributed by atoms with van der Waals surface area (Å²) in [4.78, 5) is 11.8. The van der Waals surface area contributed by atoms with Crippen LogP contribution in [-0.2, 0) is 23.8 Å². The molecular weight excluding hydrogens is 300 g/mol. The molecule has 5 unspecified atom stereocenters. The third kappa shape index (κ3) is 1.70. The van der Waals surface area contributed by atoms with Crippen molar-refractivity contribution in [2.45, 2.75) is 37.2 Å². The lowest BCUT2D eigenvalue weighted by molar-refractivity contribution is -0.160. The van der Waals surface area contributed by atoms with Crippen LogP contribution in [0.5, 0.6) is 0 Å². The van der Waals surface area contributed by atoms with E-state index in [2.05, 4.69) is 6.58 Å². The molecule has 1 saturated heterocycles. The van der Waals surface area contributed by atoms with E-state index >= 15 is 0 Å². The minimum absolute atomic E-state index is 0.122. The van der Waals surface area contributed by atoms with E-state index in [9.17, 15) is 23.4 Å². The number of aliphatic hydroxyl groups is 2. The van der Waals surface area contributed by atoms with Crippen LogP contribution in [0.15, 0.2) is 12.2 Å². The molecule has 2 bridgehead atoms. The maximum atomic E-state index is 12.1. The third-order valence-electron chi connectivity index (χ3n) is 5.14. The number of aliphatic hydroxyl groups excluding tert-OH is 2. The molecule has 0 radical (unpaired) electrons. The van der Waals surface area contributed by atoms with Gasteiger partial charge in [0.1, 0.15) is 12.2 Å². The van der Waals surface area contributed by atoms with Crippen molar-refractivity contribution in [3.05, 3.63) is 12.2 Å². The average molecular weight is 318 g/mol. The Morgan fingerprint density at radius 2 is 2.10 bits per heavy atom. The first-order chi connectivity index (χ1) is 9.72. The molecule has 2 N–H and O–H groups in total. The lowest BCUT2D eigenvalue weighted by atomic mass is 9.78. The van der Waals surface area contributed by atoms with Gasteiger partial charge in [-0.05, 0) is 19.8 Å². The third-order valence-corrected chi connectivity index (χ3v) is 6.95. The molecule has 2 aliphatic carbocycles. The molecule has 0 aromatic carbocycles. The normalized spacial score (nSPS) is 45.8. The van der Waals surface area contributed by atoms with Crippen LogP contribution in [0.4, 0.5) is 0 Å². The fraction of sp³-hybridized carbons (Fsp3) is 0.769. The highest BCUT2D eigenvalue weighted by atomic mass is 32.2. The van der Waals surface area contributed by atoms with Gasteiger partial charge in [0, 0.05) is 16.4 Å². The Morgan fingerprint density at radius 3 is 2.62 bits per heavy atom. The Bertz CT molecular complexity index is 612. The van der Waals surface area contributed by atoms with Gasteiger partial charge in [0.2, 0.25) is 0 Å². The molecule has 3 fully saturated rings.